The van der Waals surface area contributed by atoms with Crippen molar-refractivity contribution in [1.82, 2.24) is 0 Å². The summed E-state index contributed by atoms with van der Waals surface area (Å²) in [7, 11) is 0. The van der Waals surface area contributed by atoms with E-state index in [1.807, 2.05) is 32.0 Å². The van der Waals surface area contributed by atoms with Crippen LogP contribution in [0.1, 0.15) is 30.6 Å². The number of aliphatic hydroxyl groups excluding tert-OH is 1. The molecule has 2 atom stereocenters. The van der Waals surface area contributed by atoms with Crippen molar-refractivity contribution in [3.63, 3.8) is 0 Å². The Balaban J connectivity index is 2.90. The third-order valence-corrected chi connectivity index (χ3v) is 3.69. The molecule has 0 fully saturated rings. The quantitative estimate of drug-likeness (QED) is 0.885. The summed E-state index contributed by atoms with van der Waals surface area (Å²) in [6.45, 7) is 4.59. The number of halogens is 1. The van der Waals surface area contributed by atoms with Gasteiger partial charge in [-0.25, -0.2) is 0 Å². The molecule has 0 aliphatic heterocycles. The van der Waals surface area contributed by atoms with Gasteiger partial charge in [-0.2, -0.15) is 0 Å². The molecule has 0 saturated carbocycles. The highest BCUT2D eigenvalue weighted by atomic mass is 79.9. The first-order valence-corrected chi connectivity index (χ1v) is 6.03. The predicted octanol–water partition coefficient (Wildman–Crippen LogP) is 2.78. The van der Waals surface area contributed by atoms with Gasteiger partial charge in [-0.05, 0) is 37.1 Å². The summed E-state index contributed by atoms with van der Waals surface area (Å²) in [5.74, 6) is 0.144. The number of hydrogen-bond acceptors (Lipinski definition) is 2. The van der Waals surface area contributed by atoms with Crippen molar-refractivity contribution in [1.29, 1.82) is 0 Å². The molecule has 3 heteroatoms. The zero-order chi connectivity index (χ0) is 11.4. The number of aliphatic hydroxyl groups is 1. The van der Waals surface area contributed by atoms with E-state index in [9.17, 15) is 5.11 Å². The van der Waals surface area contributed by atoms with Crippen molar-refractivity contribution >= 4 is 15.9 Å². The van der Waals surface area contributed by atoms with Gasteiger partial charge in [0.2, 0.25) is 0 Å². The fourth-order valence-corrected chi connectivity index (χ4v) is 1.89. The molecular weight excluding hydrogens is 254 g/mol. The van der Waals surface area contributed by atoms with Crippen molar-refractivity contribution in [3.8, 4) is 0 Å². The Morgan fingerprint density at radius 1 is 1.47 bits per heavy atom. The normalized spacial score (nSPS) is 15.0. The highest BCUT2D eigenvalue weighted by Crippen LogP contribution is 2.27. The SMILES string of the molecule is CCC(CN)C(O)c1ccc(Br)c(C)c1. The molecule has 0 saturated heterocycles. The van der Waals surface area contributed by atoms with Gasteiger partial charge in [0.15, 0.2) is 0 Å². The van der Waals surface area contributed by atoms with Crippen molar-refractivity contribution in [3.05, 3.63) is 33.8 Å². The van der Waals surface area contributed by atoms with Crippen molar-refractivity contribution in [2.75, 3.05) is 6.54 Å². The Morgan fingerprint density at radius 3 is 2.60 bits per heavy atom. The molecular formula is C12H18BrNO. The summed E-state index contributed by atoms with van der Waals surface area (Å²) in [4.78, 5) is 0. The van der Waals surface area contributed by atoms with E-state index in [-0.39, 0.29) is 5.92 Å². The summed E-state index contributed by atoms with van der Waals surface area (Å²) >= 11 is 3.44. The molecule has 15 heavy (non-hydrogen) atoms. The maximum Gasteiger partial charge on any atom is 0.0830 e. The van der Waals surface area contributed by atoms with Crippen LogP contribution in [0.15, 0.2) is 22.7 Å². The average Bonchev–Trinajstić information content (AvgIpc) is 2.23. The van der Waals surface area contributed by atoms with Gasteiger partial charge in [0, 0.05) is 10.4 Å². The molecule has 0 amide bonds. The molecule has 2 nitrogen and oxygen atoms in total. The minimum absolute atomic E-state index is 0.144. The molecule has 2 unspecified atom stereocenters. The van der Waals surface area contributed by atoms with Crippen molar-refractivity contribution in [2.45, 2.75) is 26.4 Å². The fourth-order valence-electron chi connectivity index (χ4n) is 1.64. The van der Waals surface area contributed by atoms with Crippen LogP contribution >= 0.6 is 15.9 Å². The minimum Gasteiger partial charge on any atom is -0.388 e. The number of benzene rings is 1. The molecule has 0 spiro atoms. The first-order valence-electron chi connectivity index (χ1n) is 5.24. The van der Waals surface area contributed by atoms with Gasteiger partial charge in [0.05, 0.1) is 6.10 Å². The predicted molar refractivity (Wildman–Crippen MR) is 66.7 cm³/mol. The zero-order valence-corrected chi connectivity index (χ0v) is 10.8. The Hall–Kier alpha value is -0.380. The summed E-state index contributed by atoms with van der Waals surface area (Å²) in [5.41, 5.74) is 7.71. The van der Waals surface area contributed by atoms with Gasteiger partial charge in [-0.15, -0.1) is 0 Å². The second-order valence-corrected chi connectivity index (χ2v) is 4.71. The van der Waals surface area contributed by atoms with Crippen LogP contribution in [0.25, 0.3) is 0 Å². The molecule has 0 heterocycles. The molecule has 1 aromatic rings. The summed E-state index contributed by atoms with van der Waals surface area (Å²) in [6.07, 6.45) is 0.444. The second kappa shape index (κ2) is 5.64. The first kappa shape index (κ1) is 12.7. The Kier molecular flexibility index (Phi) is 4.77. The molecule has 84 valence electrons. The van der Waals surface area contributed by atoms with Crippen LogP contribution in [0.3, 0.4) is 0 Å². The lowest BCUT2D eigenvalue weighted by molar-refractivity contribution is 0.110. The molecule has 0 aliphatic carbocycles. The zero-order valence-electron chi connectivity index (χ0n) is 9.20. The lowest BCUT2D eigenvalue weighted by atomic mass is 9.93. The van der Waals surface area contributed by atoms with Gasteiger partial charge < -0.3 is 10.8 Å². The van der Waals surface area contributed by atoms with E-state index in [1.54, 1.807) is 0 Å². The van der Waals surface area contributed by atoms with Crippen molar-refractivity contribution in [2.24, 2.45) is 11.7 Å². The van der Waals surface area contributed by atoms with Gasteiger partial charge in [0.1, 0.15) is 0 Å². The fraction of sp³-hybridized carbons (Fsp3) is 0.500. The van der Waals surface area contributed by atoms with Gasteiger partial charge >= 0.3 is 0 Å². The van der Waals surface area contributed by atoms with Crippen LogP contribution in [0.2, 0.25) is 0 Å². The van der Waals surface area contributed by atoms with E-state index in [0.717, 1.165) is 22.0 Å². The molecule has 1 rings (SSSR count). The van der Waals surface area contributed by atoms with E-state index in [0.29, 0.717) is 6.54 Å². The Morgan fingerprint density at radius 2 is 2.13 bits per heavy atom. The van der Waals surface area contributed by atoms with Crippen LogP contribution in [0, 0.1) is 12.8 Å². The standard InChI is InChI=1S/C12H18BrNO/c1-3-9(7-14)12(15)10-4-5-11(13)8(2)6-10/h4-6,9,12,15H,3,7,14H2,1-2H3. The van der Waals surface area contributed by atoms with Crippen molar-refractivity contribution < 1.29 is 5.11 Å². The molecule has 0 radical (unpaired) electrons. The maximum atomic E-state index is 10.1. The lowest BCUT2D eigenvalue weighted by Crippen LogP contribution is -2.21. The average molecular weight is 272 g/mol. The summed E-state index contributed by atoms with van der Waals surface area (Å²) in [6, 6.07) is 5.92. The van der Waals surface area contributed by atoms with Gasteiger partial charge in [0.25, 0.3) is 0 Å². The Bertz CT molecular complexity index is 323. The highest BCUT2D eigenvalue weighted by molar-refractivity contribution is 9.10. The smallest absolute Gasteiger partial charge is 0.0830 e. The third kappa shape index (κ3) is 3.03. The van der Waals surface area contributed by atoms with E-state index >= 15 is 0 Å². The van der Waals surface area contributed by atoms with Crippen LogP contribution in [0.5, 0.6) is 0 Å². The van der Waals surface area contributed by atoms with E-state index in [1.165, 1.54) is 0 Å². The highest BCUT2D eigenvalue weighted by Gasteiger charge is 2.17. The number of aryl methyl sites for hydroxylation is 1. The topological polar surface area (TPSA) is 46.2 Å². The van der Waals surface area contributed by atoms with E-state index in [2.05, 4.69) is 15.9 Å². The van der Waals surface area contributed by atoms with Crippen LogP contribution in [0.4, 0.5) is 0 Å². The molecule has 1 aromatic carbocycles. The van der Waals surface area contributed by atoms with Crippen LogP contribution in [-0.4, -0.2) is 11.7 Å². The van der Waals surface area contributed by atoms with Crippen LogP contribution in [-0.2, 0) is 0 Å². The van der Waals surface area contributed by atoms with E-state index < -0.39 is 6.10 Å². The van der Waals surface area contributed by atoms with Crippen LogP contribution < -0.4 is 5.73 Å². The molecule has 0 aliphatic rings. The summed E-state index contributed by atoms with van der Waals surface area (Å²) in [5, 5.41) is 10.1. The number of nitrogens with two attached hydrogens (primary N) is 1. The summed E-state index contributed by atoms with van der Waals surface area (Å²) < 4.78 is 1.07. The minimum atomic E-state index is -0.452. The largest absolute Gasteiger partial charge is 0.388 e. The monoisotopic (exact) mass is 271 g/mol. The first-order chi connectivity index (χ1) is 7.10. The number of hydrogen-bond donors (Lipinski definition) is 2. The van der Waals surface area contributed by atoms with E-state index in [4.69, 9.17) is 5.73 Å². The maximum absolute atomic E-state index is 10.1. The molecule has 0 bridgehead atoms. The van der Waals surface area contributed by atoms with Gasteiger partial charge in [-0.1, -0.05) is 35.0 Å². The van der Waals surface area contributed by atoms with Gasteiger partial charge in [-0.3, -0.25) is 0 Å². The molecule has 0 aromatic heterocycles. The number of rotatable bonds is 4. The Labute approximate surface area is 99.6 Å². The second-order valence-electron chi connectivity index (χ2n) is 3.86. The molecule has 3 N–H and O–H groups in total. The lowest BCUT2D eigenvalue weighted by Gasteiger charge is -2.20. The third-order valence-electron chi connectivity index (χ3n) is 2.80.